The van der Waals surface area contributed by atoms with Crippen LogP contribution in [-0.4, -0.2) is 41.3 Å². The van der Waals surface area contributed by atoms with Gasteiger partial charge in [-0.1, -0.05) is 0 Å². The molecule has 0 saturated heterocycles. The molecule has 0 amide bonds. The molecule has 6 nitrogen and oxygen atoms in total. The van der Waals surface area contributed by atoms with Crippen LogP contribution in [0.2, 0.25) is 0 Å². The number of nitrogens with two attached hydrogens (primary N) is 1. The Balaban J connectivity index is 2.94. The van der Waals surface area contributed by atoms with Gasteiger partial charge in [0.25, 0.3) is 0 Å². The van der Waals surface area contributed by atoms with Gasteiger partial charge in [-0.15, -0.1) is 0 Å². The van der Waals surface area contributed by atoms with Crippen LogP contribution in [0.25, 0.3) is 0 Å². The van der Waals surface area contributed by atoms with Gasteiger partial charge < -0.3 is 21.1 Å². The lowest BCUT2D eigenvalue weighted by Crippen LogP contribution is -2.32. The standard InChI is InChI=1S/C10H19N5O/c1-4-12-8-5-9(14-10(11)13-8)15(3)7(2)6-16/h5,7,16H,4,6H2,1-3H3,(H3,11,12,13,14). The van der Waals surface area contributed by atoms with Crippen molar-refractivity contribution in [2.24, 2.45) is 0 Å². The predicted octanol–water partition coefficient (Wildman–Crippen LogP) is 0.308. The number of nitrogens with zero attached hydrogens (tertiary/aromatic N) is 3. The SMILES string of the molecule is CCNc1cc(N(C)C(C)CO)nc(N)n1. The number of aliphatic hydroxyl groups excluding tert-OH is 1. The molecule has 1 rings (SSSR count). The molecule has 0 aliphatic carbocycles. The highest BCUT2D eigenvalue weighted by Crippen LogP contribution is 2.17. The van der Waals surface area contributed by atoms with Crippen LogP contribution < -0.4 is 16.0 Å². The lowest BCUT2D eigenvalue weighted by atomic mass is 10.3. The zero-order chi connectivity index (χ0) is 12.1. The Hall–Kier alpha value is -1.56. The van der Waals surface area contributed by atoms with E-state index in [0.29, 0.717) is 11.6 Å². The summed E-state index contributed by atoms with van der Waals surface area (Å²) in [6.45, 7) is 4.73. The third-order valence-electron chi connectivity index (χ3n) is 2.37. The Morgan fingerprint density at radius 3 is 2.81 bits per heavy atom. The molecule has 6 heteroatoms. The minimum absolute atomic E-state index is 0.0104. The van der Waals surface area contributed by atoms with Gasteiger partial charge in [0, 0.05) is 19.7 Å². The second kappa shape index (κ2) is 5.50. The lowest BCUT2D eigenvalue weighted by molar-refractivity contribution is 0.270. The van der Waals surface area contributed by atoms with Gasteiger partial charge in [0.15, 0.2) is 0 Å². The van der Waals surface area contributed by atoms with Crippen molar-refractivity contribution in [3.8, 4) is 0 Å². The zero-order valence-electron chi connectivity index (χ0n) is 9.94. The highest BCUT2D eigenvalue weighted by atomic mass is 16.3. The van der Waals surface area contributed by atoms with E-state index in [0.717, 1.165) is 6.54 Å². The summed E-state index contributed by atoms with van der Waals surface area (Å²) in [5.74, 6) is 1.62. The van der Waals surface area contributed by atoms with Crippen molar-refractivity contribution in [2.45, 2.75) is 19.9 Å². The molecular formula is C10H19N5O. The van der Waals surface area contributed by atoms with Crippen LogP contribution in [0, 0.1) is 0 Å². The predicted molar refractivity (Wildman–Crippen MR) is 65.6 cm³/mol. The summed E-state index contributed by atoms with van der Waals surface area (Å²) in [5, 5.41) is 12.2. The van der Waals surface area contributed by atoms with Crippen LogP contribution in [0.15, 0.2) is 6.07 Å². The van der Waals surface area contributed by atoms with Crippen molar-refractivity contribution in [1.29, 1.82) is 0 Å². The van der Waals surface area contributed by atoms with E-state index in [4.69, 9.17) is 10.8 Å². The Bertz CT molecular complexity index is 344. The monoisotopic (exact) mass is 225 g/mol. The van der Waals surface area contributed by atoms with Crippen molar-refractivity contribution in [2.75, 3.05) is 36.1 Å². The van der Waals surface area contributed by atoms with Gasteiger partial charge >= 0.3 is 0 Å². The minimum atomic E-state index is -0.0104. The average molecular weight is 225 g/mol. The minimum Gasteiger partial charge on any atom is -0.394 e. The largest absolute Gasteiger partial charge is 0.394 e. The topological polar surface area (TPSA) is 87.3 Å². The second-order valence-electron chi connectivity index (χ2n) is 3.64. The Morgan fingerprint density at radius 1 is 1.56 bits per heavy atom. The van der Waals surface area contributed by atoms with Gasteiger partial charge in [-0.3, -0.25) is 0 Å². The number of aliphatic hydroxyl groups is 1. The van der Waals surface area contributed by atoms with Gasteiger partial charge in [0.1, 0.15) is 11.6 Å². The number of hydrogen-bond acceptors (Lipinski definition) is 6. The van der Waals surface area contributed by atoms with Gasteiger partial charge in [0.05, 0.1) is 12.6 Å². The third kappa shape index (κ3) is 2.96. The lowest BCUT2D eigenvalue weighted by Gasteiger charge is -2.24. The maximum Gasteiger partial charge on any atom is 0.223 e. The molecule has 0 saturated carbocycles. The van der Waals surface area contributed by atoms with Crippen LogP contribution in [0.1, 0.15) is 13.8 Å². The number of nitrogen functional groups attached to an aromatic ring is 1. The van der Waals surface area contributed by atoms with E-state index < -0.39 is 0 Å². The molecule has 16 heavy (non-hydrogen) atoms. The van der Waals surface area contributed by atoms with Crippen LogP contribution >= 0.6 is 0 Å². The van der Waals surface area contributed by atoms with Gasteiger partial charge in [-0.2, -0.15) is 9.97 Å². The number of hydrogen-bond donors (Lipinski definition) is 3. The van der Waals surface area contributed by atoms with E-state index in [1.54, 1.807) is 0 Å². The molecule has 1 unspecified atom stereocenters. The van der Waals surface area contributed by atoms with Gasteiger partial charge in [-0.25, -0.2) is 0 Å². The van der Waals surface area contributed by atoms with Crippen molar-refractivity contribution in [3.63, 3.8) is 0 Å². The number of aromatic nitrogens is 2. The van der Waals surface area contributed by atoms with Crippen molar-refractivity contribution in [1.82, 2.24) is 9.97 Å². The summed E-state index contributed by atoms with van der Waals surface area (Å²) < 4.78 is 0. The maximum atomic E-state index is 9.08. The van der Waals surface area contributed by atoms with Gasteiger partial charge in [-0.05, 0) is 13.8 Å². The summed E-state index contributed by atoms with van der Waals surface area (Å²) in [6, 6.07) is 1.80. The fourth-order valence-electron chi connectivity index (χ4n) is 1.25. The molecule has 4 N–H and O–H groups in total. The first-order chi connectivity index (χ1) is 7.58. The van der Waals surface area contributed by atoms with E-state index >= 15 is 0 Å². The summed E-state index contributed by atoms with van der Waals surface area (Å²) >= 11 is 0. The molecule has 1 aromatic heterocycles. The fourth-order valence-corrected chi connectivity index (χ4v) is 1.25. The summed E-state index contributed by atoms with van der Waals surface area (Å²) in [4.78, 5) is 10.0. The van der Waals surface area contributed by atoms with Crippen molar-refractivity contribution < 1.29 is 5.11 Å². The summed E-state index contributed by atoms with van der Waals surface area (Å²) in [6.07, 6.45) is 0. The summed E-state index contributed by atoms with van der Waals surface area (Å²) in [7, 11) is 1.86. The highest BCUT2D eigenvalue weighted by molar-refractivity contribution is 5.52. The Labute approximate surface area is 95.5 Å². The fraction of sp³-hybridized carbons (Fsp3) is 0.600. The molecule has 0 bridgehead atoms. The second-order valence-corrected chi connectivity index (χ2v) is 3.64. The quantitative estimate of drug-likeness (QED) is 0.668. The highest BCUT2D eigenvalue weighted by Gasteiger charge is 2.12. The Morgan fingerprint density at radius 2 is 2.25 bits per heavy atom. The first kappa shape index (κ1) is 12.5. The molecule has 0 aliphatic rings. The maximum absolute atomic E-state index is 9.08. The van der Waals surface area contributed by atoms with Crippen molar-refractivity contribution in [3.05, 3.63) is 6.07 Å². The number of nitrogens with one attached hydrogen (secondary N) is 1. The third-order valence-corrected chi connectivity index (χ3v) is 2.37. The molecule has 0 radical (unpaired) electrons. The molecule has 90 valence electrons. The molecule has 0 aromatic carbocycles. The van der Waals surface area contributed by atoms with Crippen molar-refractivity contribution >= 4 is 17.6 Å². The molecule has 0 aliphatic heterocycles. The van der Waals surface area contributed by atoms with E-state index in [2.05, 4.69) is 15.3 Å². The van der Waals surface area contributed by atoms with Crippen LogP contribution in [-0.2, 0) is 0 Å². The Kier molecular flexibility index (Phi) is 4.30. The first-order valence-electron chi connectivity index (χ1n) is 5.30. The molecule has 0 fully saturated rings. The van der Waals surface area contributed by atoms with E-state index in [9.17, 15) is 0 Å². The first-order valence-corrected chi connectivity index (χ1v) is 5.30. The molecular weight excluding hydrogens is 206 g/mol. The number of likely N-dealkylation sites (N-methyl/N-ethyl adjacent to an activating group) is 1. The normalized spacial score (nSPS) is 12.2. The molecule has 0 spiro atoms. The molecule has 1 atom stereocenters. The van der Waals surface area contributed by atoms with Crippen LogP contribution in [0.5, 0.6) is 0 Å². The van der Waals surface area contributed by atoms with Gasteiger partial charge in [0.2, 0.25) is 5.95 Å². The molecule has 1 heterocycles. The molecule has 1 aromatic rings. The van der Waals surface area contributed by atoms with Crippen LogP contribution in [0.4, 0.5) is 17.6 Å². The number of rotatable bonds is 5. The van der Waals surface area contributed by atoms with Crippen LogP contribution in [0.3, 0.4) is 0 Å². The summed E-state index contributed by atoms with van der Waals surface area (Å²) in [5.41, 5.74) is 5.62. The smallest absolute Gasteiger partial charge is 0.223 e. The van der Waals surface area contributed by atoms with E-state index in [-0.39, 0.29) is 18.6 Å². The average Bonchev–Trinajstić information content (AvgIpc) is 2.26. The van der Waals surface area contributed by atoms with E-state index in [1.807, 2.05) is 31.9 Å². The number of anilines is 3. The zero-order valence-corrected chi connectivity index (χ0v) is 9.94. The van der Waals surface area contributed by atoms with E-state index in [1.165, 1.54) is 0 Å².